The van der Waals surface area contributed by atoms with E-state index in [9.17, 15) is 10.2 Å². The van der Waals surface area contributed by atoms with Crippen LogP contribution in [0.5, 0.6) is 0 Å². The van der Waals surface area contributed by atoms with Crippen LogP contribution in [0.1, 0.15) is 122 Å². The van der Waals surface area contributed by atoms with Crippen molar-refractivity contribution in [3.8, 4) is 11.8 Å². The summed E-state index contributed by atoms with van der Waals surface area (Å²) in [5.41, 5.74) is 2.88. The lowest BCUT2D eigenvalue weighted by atomic mass is 9.49. The number of hydrogen-bond acceptors (Lipinski definition) is 7. The van der Waals surface area contributed by atoms with Crippen molar-refractivity contribution in [2.45, 2.75) is 140 Å². The highest BCUT2D eigenvalue weighted by Crippen LogP contribution is 2.68. The number of piperidine rings is 1. The van der Waals surface area contributed by atoms with Crippen molar-refractivity contribution in [2.75, 3.05) is 44.4 Å². The van der Waals surface area contributed by atoms with Gasteiger partial charge in [0.2, 0.25) is 0 Å². The maximum Gasteiger partial charge on any atom is 0.171 e. The van der Waals surface area contributed by atoms with Crippen LogP contribution >= 0.6 is 0 Å². The fraction of sp³-hybridized carbons (Fsp3) is 0.762. The third-order valence-corrected chi connectivity index (χ3v) is 13.8. The first-order chi connectivity index (χ1) is 23.5. The van der Waals surface area contributed by atoms with Crippen molar-refractivity contribution in [1.82, 2.24) is 0 Å². The Morgan fingerprint density at radius 1 is 0.898 bits per heavy atom. The molecule has 268 valence electrons. The van der Waals surface area contributed by atoms with Gasteiger partial charge in [-0.05, 0) is 112 Å². The fourth-order valence-electron chi connectivity index (χ4n) is 11.0. The van der Waals surface area contributed by atoms with Crippen molar-refractivity contribution in [2.24, 2.45) is 22.7 Å². The summed E-state index contributed by atoms with van der Waals surface area (Å²) in [4.78, 5) is 2.52. The molecule has 1 aromatic rings. The second-order valence-electron chi connectivity index (χ2n) is 17.7. The summed E-state index contributed by atoms with van der Waals surface area (Å²) in [7, 11) is 0. The molecule has 8 rings (SSSR count). The molecule has 0 aromatic heterocycles. The molecule has 7 heteroatoms. The summed E-state index contributed by atoms with van der Waals surface area (Å²) in [6, 6.07) is 9.32. The van der Waals surface area contributed by atoms with E-state index in [0.717, 1.165) is 71.1 Å². The Kier molecular flexibility index (Phi) is 9.02. The zero-order chi connectivity index (χ0) is 33.9. The maximum absolute atomic E-state index is 12.6. The molecule has 1 unspecified atom stereocenters. The van der Waals surface area contributed by atoms with Gasteiger partial charge in [-0.1, -0.05) is 50.3 Å². The number of anilines is 1. The molecule has 1 spiro atoms. The Morgan fingerprint density at radius 3 is 2.41 bits per heavy atom. The van der Waals surface area contributed by atoms with Gasteiger partial charge in [0.1, 0.15) is 12.2 Å². The van der Waals surface area contributed by atoms with E-state index < -0.39 is 17.0 Å². The van der Waals surface area contributed by atoms with Gasteiger partial charge in [0.25, 0.3) is 0 Å². The van der Waals surface area contributed by atoms with Gasteiger partial charge in [-0.3, -0.25) is 0 Å². The van der Waals surface area contributed by atoms with Crippen LogP contribution in [-0.2, 0) is 18.9 Å². The first-order valence-electron chi connectivity index (χ1n) is 19.6. The largest absolute Gasteiger partial charge is 0.385 e. The molecule has 3 heterocycles. The van der Waals surface area contributed by atoms with Crippen molar-refractivity contribution < 1.29 is 29.2 Å². The predicted octanol–water partition coefficient (Wildman–Crippen LogP) is 7.25. The van der Waals surface area contributed by atoms with E-state index in [1.807, 2.05) is 0 Å². The number of rotatable bonds is 4. The summed E-state index contributed by atoms with van der Waals surface area (Å²) in [5, 5.41) is 25.1. The summed E-state index contributed by atoms with van der Waals surface area (Å²) in [5.74, 6) is 6.66. The van der Waals surface area contributed by atoms with Crippen LogP contribution in [0.25, 0.3) is 0 Å². The number of aliphatic hydroxyl groups is 2. The summed E-state index contributed by atoms with van der Waals surface area (Å²) in [6.07, 6.45) is 12.9. The molecule has 7 nitrogen and oxygen atoms in total. The lowest BCUT2D eigenvalue weighted by Crippen LogP contribution is -2.58. The van der Waals surface area contributed by atoms with E-state index >= 15 is 0 Å². The Balaban J connectivity index is 1.12. The average Bonchev–Trinajstić information content (AvgIpc) is 3.38. The SMILES string of the molecule is CC1(C)COC2(CCC3=C4[C@@H](CC[C@@]3(O)C2)[C@@H]2CC[C@@](O)(C#CCOC3CCCCO3)[C@@]2(C)C[C@@H]4c2ccc(N3CCCCC3)cc2)OC1. The lowest BCUT2D eigenvalue weighted by molar-refractivity contribution is -0.322. The minimum absolute atomic E-state index is 0.0124. The molecule has 3 saturated carbocycles. The number of benzene rings is 1. The molecule has 6 fully saturated rings. The highest BCUT2D eigenvalue weighted by atomic mass is 16.7. The quantitative estimate of drug-likeness (QED) is 0.258. The number of ether oxygens (including phenoxy) is 4. The van der Waals surface area contributed by atoms with Crippen LogP contribution in [0, 0.1) is 34.5 Å². The van der Waals surface area contributed by atoms with E-state index in [1.165, 1.54) is 41.7 Å². The van der Waals surface area contributed by atoms with E-state index in [4.69, 9.17) is 18.9 Å². The van der Waals surface area contributed by atoms with Crippen LogP contribution in [0.15, 0.2) is 35.4 Å². The maximum atomic E-state index is 12.6. The molecule has 0 radical (unpaired) electrons. The van der Waals surface area contributed by atoms with Gasteiger partial charge >= 0.3 is 0 Å². The zero-order valence-corrected chi connectivity index (χ0v) is 30.2. The molecule has 0 amide bonds. The van der Waals surface area contributed by atoms with E-state index in [2.05, 4.69) is 61.8 Å². The van der Waals surface area contributed by atoms with Crippen molar-refractivity contribution in [3.63, 3.8) is 0 Å². The third-order valence-electron chi connectivity index (χ3n) is 13.8. The molecule has 3 saturated heterocycles. The smallest absolute Gasteiger partial charge is 0.171 e. The lowest BCUT2D eigenvalue weighted by Gasteiger charge is -2.58. The Hall–Kier alpha value is -1.92. The van der Waals surface area contributed by atoms with Gasteiger partial charge in [0.15, 0.2) is 12.1 Å². The van der Waals surface area contributed by atoms with E-state index in [1.54, 1.807) is 0 Å². The number of hydrogen-bond donors (Lipinski definition) is 2. The van der Waals surface area contributed by atoms with Gasteiger partial charge in [0, 0.05) is 55.0 Å². The number of nitrogens with zero attached hydrogens (tertiary/aromatic N) is 1. The van der Waals surface area contributed by atoms with Crippen LogP contribution in [0.3, 0.4) is 0 Å². The second kappa shape index (κ2) is 12.9. The molecular formula is C42H59NO6. The molecule has 0 bridgehead atoms. The van der Waals surface area contributed by atoms with Crippen LogP contribution in [0.2, 0.25) is 0 Å². The van der Waals surface area contributed by atoms with Gasteiger partial charge < -0.3 is 34.1 Å². The van der Waals surface area contributed by atoms with E-state index in [-0.39, 0.29) is 29.6 Å². The standard InChI is InChI=1S/C42H59NO6/c1-38(2)28-48-42(49-29-38)21-17-35-37-32(15-19-40(35,44)27-42)34-16-20-41(45,18-9-25-47-36-10-5-8-24-46-36)39(34,3)26-33(37)30-11-13-31(14-12-30)43-22-6-4-7-23-43/h11-14,32-34,36,44-45H,4-8,10,15-17,19-29H2,1-3H3/t32-,33+,34-,36?,39-,40+,41-/m0/s1. The first-order valence-corrected chi connectivity index (χ1v) is 19.6. The average molecular weight is 674 g/mol. The summed E-state index contributed by atoms with van der Waals surface area (Å²) >= 11 is 0. The molecule has 2 N–H and O–H groups in total. The molecule has 3 aliphatic heterocycles. The van der Waals surface area contributed by atoms with Crippen molar-refractivity contribution in [1.29, 1.82) is 0 Å². The van der Waals surface area contributed by atoms with Gasteiger partial charge in [-0.2, -0.15) is 0 Å². The fourth-order valence-corrected chi connectivity index (χ4v) is 11.0. The van der Waals surface area contributed by atoms with Gasteiger partial charge in [0.05, 0.1) is 18.8 Å². The van der Waals surface area contributed by atoms with E-state index in [0.29, 0.717) is 44.3 Å². The Morgan fingerprint density at radius 2 is 1.67 bits per heavy atom. The highest BCUT2D eigenvalue weighted by Gasteiger charge is 2.64. The third kappa shape index (κ3) is 6.21. The molecule has 1 aromatic carbocycles. The van der Waals surface area contributed by atoms with Crippen LogP contribution < -0.4 is 4.90 Å². The Bertz CT molecular complexity index is 1450. The predicted molar refractivity (Wildman–Crippen MR) is 190 cm³/mol. The molecule has 7 atom stereocenters. The zero-order valence-electron chi connectivity index (χ0n) is 30.2. The number of allylic oxidation sites excluding steroid dienone is 1. The van der Waals surface area contributed by atoms with Crippen LogP contribution in [0.4, 0.5) is 5.69 Å². The van der Waals surface area contributed by atoms with Crippen LogP contribution in [-0.4, -0.2) is 73.0 Å². The van der Waals surface area contributed by atoms with Crippen molar-refractivity contribution >= 4 is 5.69 Å². The minimum Gasteiger partial charge on any atom is -0.385 e. The minimum atomic E-state index is -1.09. The highest BCUT2D eigenvalue weighted by molar-refractivity contribution is 5.51. The molecular weight excluding hydrogens is 614 g/mol. The number of fused-ring (bicyclic) bond motifs is 4. The molecule has 7 aliphatic rings. The topological polar surface area (TPSA) is 80.6 Å². The summed E-state index contributed by atoms with van der Waals surface area (Å²) in [6.45, 7) is 11.3. The van der Waals surface area contributed by atoms with Crippen molar-refractivity contribution in [3.05, 3.63) is 41.0 Å². The Labute approximate surface area is 294 Å². The first kappa shape index (κ1) is 34.2. The molecule has 4 aliphatic carbocycles. The normalized spacial score (nSPS) is 39.8. The van der Waals surface area contributed by atoms with Gasteiger partial charge in [-0.25, -0.2) is 0 Å². The van der Waals surface area contributed by atoms with Gasteiger partial charge in [-0.15, -0.1) is 0 Å². The second-order valence-corrected chi connectivity index (χ2v) is 17.7. The monoisotopic (exact) mass is 673 g/mol. The molecule has 49 heavy (non-hydrogen) atoms. The summed E-state index contributed by atoms with van der Waals surface area (Å²) < 4.78 is 24.7.